The van der Waals surface area contributed by atoms with Gasteiger partial charge < -0.3 is 10.2 Å². The Balaban J connectivity index is 0. The molecule has 0 aliphatic heterocycles. The summed E-state index contributed by atoms with van der Waals surface area (Å²) < 4.78 is 147. The van der Waals surface area contributed by atoms with Crippen LogP contribution in [0.1, 0.15) is 27.7 Å². The minimum Gasteiger partial charge on any atom is -0.834 e. The van der Waals surface area contributed by atoms with Crippen molar-refractivity contribution in [2.75, 3.05) is 0 Å². The first-order chi connectivity index (χ1) is 12.4. The number of aliphatic hydroxyl groups is 1. The predicted molar refractivity (Wildman–Crippen MR) is 76.9 cm³/mol. The van der Waals surface area contributed by atoms with Gasteiger partial charge in [-0.1, -0.05) is 0 Å². The van der Waals surface area contributed by atoms with E-state index in [4.69, 9.17) is 5.11 Å². The molecule has 176 valence electrons. The average Bonchev–Trinajstić information content (AvgIpc) is 2.40. The largest absolute Gasteiger partial charge is 0.834 e. The van der Waals surface area contributed by atoms with Gasteiger partial charge in [0, 0.05) is 0 Å². The summed E-state index contributed by atoms with van der Waals surface area (Å²) in [6.45, 7) is 9.35. The molecule has 0 heterocycles. The zero-order valence-corrected chi connectivity index (χ0v) is 18.9. The fourth-order valence-electron chi connectivity index (χ4n) is 1.72. The van der Waals surface area contributed by atoms with Gasteiger partial charge in [-0.3, -0.25) is 0 Å². The maximum atomic E-state index is 12.0. The monoisotopic (exact) mass is 656 g/mol. The molecule has 0 aromatic heterocycles. The van der Waals surface area contributed by atoms with Crippen LogP contribution in [-0.4, -0.2) is 64.2 Å². The summed E-state index contributed by atoms with van der Waals surface area (Å²) in [7, 11) is 0. The van der Waals surface area contributed by atoms with Gasteiger partial charge in [0.2, 0.25) is 0 Å². The molecule has 15 heteroatoms. The summed E-state index contributed by atoms with van der Waals surface area (Å²) in [6, 6.07) is 0. The van der Waals surface area contributed by atoms with Crippen molar-refractivity contribution >= 4 is 23.2 Å². The maximum absolute atomic E-state index is 12.0. The van der Waals surface area contributed by atoms with E-state index in [9.17, 15) is 57.8 Å². The third-order valence-corrected chi connectivity index (χ3v) is 10.8. The Morgan fingerprint density at radius 3 is 0.966 bits per heavy atom. The van der Waals surface area contributed by atoms with E-state index in [1.807, 2.05) is 0 Å². The van der Waals surface area contributed by atoms with E-state index in [-0.39, 0.29) is 23.2 Å². The van der Waals surface area contributed by atoms with E-state index in [0.29, 0.717) is 0 Å². The molecule has 0 bridgehead atoms. The first kappa shape index (κ1) is 31.2. The van der Waals surface area contributed by atoms with Crippen LogP contribution in [0.25, 0.3) is 0 Å². The quantitative estimate of drug-likeness (QED) is 0.338. The molecule has 0 atom stereocenters. The van der Waals surface area contributed by atoms with Crippen LogP contribution in [0.3, 0.4) is 0 Å². The van der Waals surface area contributed by atoms with Crippen molar-refractivity contribution in [2.24, 2.45) is 11.8 Å². The van der Waals surface area contributed by atoms with Crippen molar-refractivity contribution in [1.29, 1.82) is 0 Å². The van der Waals surface area contributed by atoms with Crippen molar-refractivity contribution < 1.29 is 62.9 Å². The molecule has 0 saturated heterocycles. The van der Waals surface area contributed by atoms with Crippen LogP contribution in [0.4, 0.5) is 52.7 Å². The zero-order chi connectivity index (χ0) is 24.3. The first-order valence-electron chi connectivity index (χ1n) is 7.70. The third-order valence-electron chi connectivity index (χ3n) is 3.12. The number of alkyl halides is 12. The van der Waals surface area contributed by atoms with E-state index in [2.05, 4.69) is 27.7 Å². The molecule has 0 aliphatic carbocycles. The van der Waals surface area contributed by atoms with Crippen LogP contribution in [0.5, 0.6) is 0 Å². The molecule has 0 aromatic carbocycles. The Labute approximate surface area is 170 Å². The molecule has 29 heavy (non-hydrogen) atoms. The molecule has 0 saturated carbocycles. The average molecular weight is 656 g/mol. The smallest absolute Gasteiger partial charge is 0.426 e. The Morgan fingerprint density at radius 2 is 0.862 bits per heavy atom. The van der Waals surface area contributed by atoms with E-state index < -0.39 is 35.9 Å². The Bertz CT molecular complexity index is 419. The molecule has 0 aromatic rings. The molecule has 0 rings (SSSR count). The van der Waals surface area contributed by atoms with Gasteiger partial charge in [0.15, 0.2) is 0 Å². The van der Waals surface area contributed by atoms with Crippen LogP contribution < -0.4 is 5.11 Å². The topological polar surface area (TPSA) is 43.3 Å². The van der Waals surface area contributed by atoms with Crippen LogP contribution in [0, 0.1) is 11.8 Å². The van der Waals surface area contributed by atoms with E-state index >= 15 is 0 Å². The van der Waals surface area contributed by atoms with Crippen molar-refractivity contribution in [3.63, 3.8) is 0 Å². The standard InChI is InChI=1S/C6HF12O2.2C4H9.Bi/c7-3(8,9)1(19,4(10,11)12)2(20,5(13,14)15)6(16,17)18;2*1-4(2)3;/h19H;2*4H,1H2,2-3H3;/q-1;;;+1. The minimum atomic E-state index is -7.75. The fraction of sp³-hybridized carbons (Fsp3) is 1.00. The second-order valence-corrected chi connectivity index (χ2v) is 11.3. The minimum absolute atomic E-state index is 0.0123. The van der Waals surface area contributed by atoms with Gasteiger partial charge in [-0.25, -0.2) is 0 Å². The van der Waals surface area contributed by atoms with Gasteiger partial charge in [-0.15, -0.1) is 0 Å². The van der Waals surface area contributed by atoms with Gasteiger partial charge in [0.25, 0.3) is 5.60 Å². The summed E-state index contributed by atoms with van der Waals surface area (Å²) in [5, 5.41) is 18.6. The van der Waals surface area contributed by atoms with Crippen LogP contribution in [0.15, 0.2) is 0 Å². The fourth-order valence-corrected chi connectivity index (χ4v) is 6.32. The second kappa shape index (κ2) is 10.1. The zero-order valence-electron chi connectivity index (χ0n) is 15.4. The number of halogens is 12. The van der Waals surface area contributed by atoms with Crippen molar-refractivity contribution in [3.8, 4) is 0 Å². The van der Waals surface area contributed by atoms with Crippen molar-refractivity contribution in [2.45, 2.75) is 71.9 Å². The molecule has 0 spiro atoms. The normalized spacial score (nSPS) is 14.9. The summed E-state index contributed by atoms with van der Waals surface area (Å²) in [4.78, 5) is 0. The van der Waals surface area contributed by atoms with Gasteiger partial charge in [0.1, 0.15) is 5.60 Å². The molecular formula is C14H19BiF12O2. The Morgan fingerprint density at radius 1 is 0.621 bits per heavy atom. The van der Waals surface area contributed by atoms with E-state index in [0.717, 1.165) is 11.8 Å². The molecule has 0 amide bonds. The molecule has 2 radical (unpaired) electrons. The van der Waals surface area contributed by atoms with Crippen LogP contribution >= 0.6 is 0 Å². The van der Waals surface area contributed by atoms with Crippen molar-refractivity contribution in [1.82, 2.24) is 0 Å². The second-order valence-electron chi connectivity index (χ2n) is 6.76. The molecular weight excluding hydrogens is 637 g/mol. The van der Waals surface area contributed by atoms with Gasteiger partial charge in [-0.2, -0.15) is 52.7 Å². The maximum Gasteiger partial charge on any atom is 0.426 e. The summed E-state index contributed by atoms with van der Waals surface area (Å²) >= 11 is -0.0123. The summed E-state index contributed by atoms with van der Waals surface area (Å²) in [5.74, 6) is 1.95. The molecule has 1 N–H and O–H groups in total. The van der Waals surface area contributed by atoms with E-state index in [1.54, 1.807) is 8.26 Å². The van der Waals surface area contributed by atoms with Gasteiger partial charge >= 0.3 is 95.7 Å². The molecule has 0 unspecified atom stereocenters. The van der Waals surface area contributed by atoms with Gasteiger partial charge in [-0.05, 0) is 0 Å². The first-order valence-corrected chi connectivity index (χ1v) is 12.6. The SMILES string of the molecule is CC(C)[CH2][Bi+][CH2]C(C)C.[O-]C(C(F)(F)F)(C(F)(F)F)C(O)(C(F)(F)F)C(F)(F)F. The summed E-state index contributed by atoms with van der Waals surface area (Å²) in [6.07, 6.45) is -30.4. The molecule has 0 aliphatic rings. The molecule has 2 nitrogen and oxygen atoms in total. The predicted octanol–water partition coefficient (Wildman–Crippen LogP) is 4.91. The van der Waals surface area contributed by atoms with Gasteiger partial charge in [0.05, 0.1) is 0 Å². The van der Waals surface area contributed by atoms with Crippen LogP contribution in [0.2, 0.25) is 8.26 Å². The van der Waals surface area contributed by atoms with Crippen molar-refractivity contribution in [3.05, 3.63) is 0 Å². The van der Waals surface area contributed by atoms with E-state index in [1.165, 1.54) is 0 Å². The number of rotatable bonds is 5. The Hall–Kier alpha value is -0.0369. The summed E-state index contributed by atoms with van der Waals surface area (Å²) in [5.41, 5.74) is -15.4. The molecule has 0 fully saturated rings. The van der Waals surface area contributed by atoms with Crippen LogP contribution in [-0.2, 0) is 0 Å². The number of hydrogen-bond acceptors (Lipinski definition) is 2. The Kier molecular flexibility index (Phi) is 10.8. The third kappa shape index (κ3) is 7.26. The number of hydrogen-bond donors (Lipinski definition) is 1.